The second-order valence-corrected chi connectivity index (χ2v) is 4.66. The summed E-state index contributed by atoms with van der Waals surface area (Å²) in [5.41, 5.74) is 0.697. The van der Waals surface area contributed by atoms with Gasteiger partial charge in [0.2, 0.25) is 0 Å². The van der Waals surface area contributed by atoms with Crippen molar-refractivity contribution in [2.45, 2.75) is 0 Å². The quantitative estimate of drug-likeness (QED) is 0.759. The maximum Gasteiger partial charge on any atom is 0.165 e. The molecule has 0 saturated carbocycles. The Labute approximate surface area is 72.3 Å². The molecule has 0 heterocycles. The highest BCUT2D eigenvalue weighted by atomic mass is 32.2. The Morgan fingerprint density at radius 2 is 2.25 bits per heavy atom. The first kappa shape index (κ1) is 9.06. The number of para-hydroxylation sites is 1. The molecule has 0 unspecified atom stereocenters. The fourth-order valence-corrected chi connectivity index (χ4v) is 1.13. The van der Waals surface area contributed by atoms with Gasteiger partial charge >= 0.3 is 0 Å². The molecule has 1 N–H and O–H groups in total. The predicted molar refractivity (Wildman–Crippen MR) is 48.6 cm³/mol. The summed E-state index contributed by atoms with van der Waals surface area (Å²) in [4.78, 5) is 0. The third-order valence-corrected chi connectivity index (χ3v) is 1.90. The SMILES string of the molecule is CS(=O)(=O)CNc1[c]cccc1. The minimum atomic E-state index is -2.95. The molecule has 0 spiro atoms. The molecule has 0 saturated heterocycles. The number of benzene rings is 1. The Morgan fingerprint density at radius 3 is 2.75 bits per heavy atom. The zero-order valence-corrected chi connectivity index (χ0v) is 7.56. The average Bonchev–Trinajstić information content (AvgIpc) is 2.02. The van der Waals surface area contributed by atoms with Crippen LogP contribution in [0.4, 0.5) is 5.69 Å². The number of nitrogens with one attached hydrogen (secondary N) is 1. The van der Waals surface area contributed by atoms with E-state index in [1.165, 1.54) is 6.26 Å². The van der Waals surface area contributed by atoms with Gasteiger partial charge in [-0.2, -0.15) is 0 Å². The van der Waals surface area contributed by atoms with Crippen molar-refractivity contribution in [1.29, 1.82) is 0 Å². The van der Waals surface area contributed by atoms with E-state index >= 15 is 0 Å². The van der Waals surface area contributed by atoms with E-state index < -0.39 is 9.84 Å². The molecule has 0 aliphatic carbocycles. The van der Waals surface area contributed by atoms with Gasteiger partial charge in [0.25, 0.3) is 0 Å². The van der Waals surface area contributed by atoms with Gasteiger partial charge in [-0.3, -0.25) is 0 Å². The van der Waals surface area contributed by atoms with Gasteiger partial charge in [0, 0.05) is 18.0 Å². The van der Waals surface area contributed by atoms with E-state index in [9.17, 15) is 8.42 Å². The topological polar surface area (TPSA) is 46.2 Å². The molecular weight excluding hydrogens is 174 g/mol. The van der Waals surface area contributed by atoms with Crippen LogP contribution in [-0.4, -0.2) is 20.6 Å². The highest BCUT2D eigenvalue weighted by Crippen LogP contribution is 2.03. The molecule has 0 amide bonds. The molecule has 0 bridgehead atoms. The van der Waals surface area contributed by atoms with Crippen molar-refractivity contribution < 1.29 is 8.42 Å². The summed E-state index contributed by atoms with van der Waals surface area (Å²) in [6.45, 7) is 0. The lowest BCUT2D eigenvalue weighted by Crippen LogP contribution is -2.12. The first-order chi connectivity index (χ1) is 5.58. The average molecular weight is 184 g/mol. The molecule has 1 aromatic carbocycles. The van der Waals surface area contributed by atoms with E-state index in [0.717, 1.165) is 0 Å². The number of hydrogen-bond donors (Lipinski definition) is 1. The van der Waals surface area contributed by atoms with Crippen LogP contribution in [0.5, 0.6) is 0 Å². The lowest BCUT2D eigenvalue weighted by Gasteiger charge is -2.02. The van der Waals surface area contributed by atoms with Crippen molar-refractivity contribution in [3.8, 4) is 0 Å². The van der Waals surface area contributed by atoms with Gasteiger partial charge in [-0.15, -0.1) is 0 Å². The van der Waals surface area contributed by atoms with E-state index in [2.05, 4.69) is 11.4 Å². The summed E-state index contributed by atoms with van der Waals surface area (Å²) in [6, 6.07) is 10.0. The standard InChI is InChI=1S/C8H10NO2S/c1-12(10,11)7-9-8-5-3-2-4-6-8/h2-5,9H,7H2,1H3. The molecule has 4 heteroatoms. The maximum absolute atomic E-state index is 10.7. The van der Waals surface area contributed by atoms with E-state index in [-0.39, 0.29) is 5.88 Å². The summed E-state index contributed by atoms with van der Waals surface area (Å²) < 4.78 is 21.5. The lowest BCUT2D eigenvalue weighted by atomic mass is 10.3. The van der Waals surface area contributed by atoms with Crippen LogP contribution < -0.4 is 5.32 Å². The van der Waals surface area contributed by atoms with Gasteiger partial charge in [-0.05, 0) is 6.07 Å². The number of hydrogen-bond acceptors (Lipinski definition) is 3. The Kier molecular flexibility index (Phi) is 2.70. The minimum absolute atomic E-state index is 0.0481. The van der Waals surface area contributed by atoms with Crippen molar-refractivity contribution >= 4 is 15.5 Å². The van der Waals surface area contributed by atoms with Crippen molar-refractivity contribution in [3.63, 3.8) is 0 Å². The lowest BCUT2D eigenvalue weighted by molar-refractivity contribution is 0.603. The monoisotopic (exact) mass is 184 g/mol. The predicted octanol–water partition coefficient (Wildman–Crippen LogP) is 0.901. The van der Waals surface area contributed by atoms with Crippen LogP contribution in [0, 0.1) is 6.07 Å². The van der Waals surface area contributed by atoms with Gasteiger partial charge in [0.05, 0.1) is 0 Å². The van der Waals surface area contributed by atoms with Crippen LogP contribution >= 0.6 is 0 Å². The van der Waals surface area contributed by atoms with Gasteiger partial charge in [-0.1, -0.05) is 18.2 Å². The fourth-order valence-electron chi connectivity index (χ4n) is 0.712. The summed E-state index contributed by atoms with van der Waals surface area (Å²) in [6.07, 6.45) is 1.18. The molecule has 0 aliphatic rings. The normalized spacial score (nSPS) is 11.1. The second-order valence-electron chi connectivity index (χ2n) is 2.52. The van der Waals surface area contributed by atoms with Crippen LogP contribution in [0.3, 0.4) is 0 Å². The van der Waals surface area contributed by atoms with Crippen LogP contribution in [0.15, 0.2) is 24.3 Å². The molecule has 1 rings (SSSR count). The fraction of sp³-hybridized carbons (Fsp3) is 0.250. The molecule has 3 nitrogen and oxygen atoms in total. The molecule has 65 valence electrons. The number of rotatable bonds is 3. The van der Waals surface area contributed by atoms with E-state index in [1.54, 1.807) is 12.1 Å². The van der Waals surface area contributed by atoms with Gasteiger partial charge < -0.3 is 5.32 Å². The summed E-state index contributed by atoms with van der Waals surface area (Å²) >= 11 is 0. The van der Waals surface area contributed by atoms with E-state index in [4.69, 9.17) is 0 Å². The Morgan fingerprint density at radius 1 is 1.50 bits per heavy atom. The summed E-state index contributed by atoms with van der Waals surface area (Å²) in [7, 11) is -2.95. The molecule has 0 aliphatic heterocycles. The molecule has 1 radical (unpaired) electrons. The van der Waals surface area contributed by atoms with Crippen molar-refractivity contribution in [2.75, 3.05) is 17.4 Å². The smallest absolute Gasteiger partial charge is 0.165 e. The molecule has 0 atom stereocenters. The van der Waals surface area contributed by atoms with Crippen LogP contribution in [-0.2, 0) is 9.84 Å². The third-order valence-electron chi connectivity index (χ3n) is 1.23. The Hall–Kier alpha value is -1.03. The Bertz CT molecular complexity index is 331. The first-order valence-electron chi connectivity index (χ1n) is 3.46. The molecule has 1 aromatic rings. The second kappa shape index (κ2) is 3.58. The van der Waals surface area contributed by atoms with Crippen molar-refractivity contribution in [2.24, 2.45) is 0 Å². The van der Waals surface area contributed by atoms with E-state index in [1.807, 2.05) is 12.1 Å². The van der Waals surface area contributed by atoms with Crippen molar-refractivity contribution in [1.82, 2.24) is 0 Å². The van der Waals surface area contributed by atoms with Crippen LogP contribution in [0.25, 0.3) is 0 Å². The van der Waals surface area contributed by atoms with Gasteiger partial charge in [0.15, 0.2) is 9.84 Å². The van der Waals surface area contributed by atoms with Crippen LogP contribution in [0.2, 0.25) is 0 Å². The summed E-state index contributed by atoms with van der Waals surface area (Å²) in [5.74, 6) is -0.0481. The largest absolute Gasteiger partial charge is 0.371 e. The third kappa shape index (κ3) is 3.39. The number of anilines is 1. The number of sulfone groups is 1. The van der Waals surface area contributed by atoms with Gasteiger partial charge in [-0.25, -0.2) is 8.42 Å². The van der Waals surface area contributed by atoms with Gasteiger partial charge in [0.1, 0.15) is 5.88 Å². The maximum atomic E-state index is 10.7. The molecule has 12 heavy (non-hydrogen) atoms. The highest BCUT2D eigenvalue weighted by Gasteiger charge is 1.99. The molecule has 0 fully saturated rings. The zero-order valence-electron chi connectivity index (χ0n) is 6.74. The minimum Gasteiger partial charge on any atom is -0.371 e. The highest BCUT2D eigenvalue weighted by molar-refractivity contribution is 7.90. The Balaban J connectivity index is 2.56. The summed E-state index contributed by atoms with van der Waals surface area (Å²) in [5, 5.41) is 2.74. The van der Waals surface area contributed by atoms with Crippen LogP contribution in [0.1, 0.15) is 0 Å². The first-order valence-corrected chi connectivity index (χ1v) is 5.52. The van der Waals surface area contributed by atoms with Crippen molar-refractivity contribution in [3.05, 3.63) is 30.3 Å². The molecule has 0 aromatic heterocycles. The zero-order chi connectivity index (χ0) is 9.03. The van der Waals surface area contributed by atoms with E-state index in [0.29, 0.717) is 5.69 Å². The molecular formula is C8H10NO2S.